The van der Waals surface area contributed by atoms with E-state index in [1.54, 1.807) is 0 Å². The van der Waals surface area contributed by atoms with Crippen LogP contribution in [0, 0.1) is 0 Å². The Hall–Kier alpha value is -0.220. The first-order chi connectivity index (χ1) is 6.77. The molecule has 0 aromatic rings. The smallest absolute Gasteiger partial charge is 0.226 e. The monoisotopic (exact) mass is 261 g/mol. The molecule has 0 spiro atoms. The fourth-order valence-corrected chi connectivity index (χ4v) is 3.74. The van der Waals surface area contributed by atoms with Crippen LogP contribution in [0.15, 0.2) is 0 Å². The van der Waals surface area contributed by atoms with E-state index in [0.717, 1.165) is 6.26 Å². The summed E-state index contributed by atoms with van der Waals surface area (Å²) >= 11 is 0. The van der Waals surface area contributed by atoms with E-state index >= 15 is 0 Å². The average molecular weight is 261 g/mol. The van der Waals surface area contributed by atoms with Gasteiger partial charge in [0, 0.05) is 12.8 Å². The first-order valence-corrected chi connectivity index (χ1v) is 7.82. The summed E-state index contributed by atoms with van der Waals surface area (Å²) in [6.45, 7) is 0.0469. The molecule has 0 rings (SSSR count). The molecule has 7 nitrogen and oxygen atoms in total. The van der Waals surface area contributed by atoms with Crippen LogP contribution in [0.1, 0.15) is 0 Å². The molecule has 15 heavy (non-hydrogen) atoms. The van der Waals surface area contributed by atoms with Gasteiger partial charge in [0.2, 0.25) is 10.0 Å². The Morgan fingerprint density at radius 1 is 1.20 bits per heavy atom. The number of hydrogen-bond donors (Lipinski definition) is 2. The van der Waals surface area contributed by atoms with Gasteiger partial charge in [0.05, 0.1) is 19.8 Å². The predicted molar refractivity (Wildman–Crippen MR) is 54.5 cm³/mol. The van der Waals surface area contributed by atoms with Crippen molar-refractivity contribution < 1.29 is 26.7 Å². The van der Waals surface area contributed by atoms with E-state index in [-0.39, 0.29) is 26.4 Å². The third-order valence-electron chi connectivity index (χ3n) is 1.17. The summed E-state index contributed by atoms with van der Waals surface area (Å²) in [5.41, 5.74) is 0. The molecule has 0 amide bonds. The molecule has 0 atom stereocenters. The summed E-state index contributed by atoms with van der Waals surface area (Å²) in [4.78, 5) is 0. The van der Waals surface area contributed by atoms with Gasteiger partial charge >= 0.3 is 0 Å². The molecule has 0 fully saturated rings. The van der Waals surface area contributed by atoms with Crippen LogP contribution in [-0.4, -0.2) is 59.6 Å². The van der Waals surface area contributed by atoms with E-state index < -0.39 is 24.9 Å². The van der Waals surface area contributed by atoms with E-state index in [9.17, 15) is 16.8 Å². The van der Waals surface area contributed by atoms with Crippen molar-refractivity contribution in [2.75, 3.05) is 37.7 Å². The maximum Gasteiger partial charge on any atom is 0.226 e. The molecule has 92 valence electrons. The van der Waals surface area contributed by atoms with E-state index in [1.807, 2.05) is 0 Å². The SMILES string of the molecule is CS(=O)(=O)CS(=O)(=O)NCCOCCO. The van der Waals surface area contributed by atoms with E-state index in [0.29, 0.717) is 0 Å². The van der Waals surface area contributed by atoms with Gasteiger partial charge in [0.15, 0.2) is 14.9 Å². The second kappa shape index (κ2) is 6.38. The topological polar surface area (TPSA) is 110 Å². The van der Waals surface area contributed by atoms with Gasteiger partial charge in [0.1, 0.15) is 0 Å². The van der Waals surface area contributed by atoms with Gasteiger partial charge in [0.25, 0.3) is 0 Å². The van der Waals surface area contributed by atoms with Crippen molar-refractivity contribution in [2.24, 2.45) is 0 Å². The van der Waals surface area contributed by atoms with Gasteiger partial charge in [-0.3, -0.25) is 0 Å². The molecule has 0 unspecified atom stereocenters. The number of sulfone groups is 1. The second-order valence-corrected chi connectivity index (χ2v) is 7.20. The first-order valence-electron chi connectivity index (χ1n) is 4.10. The van der Waals surface area contributed by atoms with E-state index in [1.165, 1.54) is 0 Å². The van der Waals surface area contributed by atoms with Gasteiger partial charge in [-0.2, -0.15) is 0 Å². The molecule has 0 saturated carbocycles. The molecule has 2 N–H and O–H groups in total. The maximum absolute atomic E-state index is 11.1. The van der Waals surface area contributed by atoms with Crippen LogP contribution in [0.4, 0.5) is 0 Å². The lowest BCUT2D eigenvalue weighted by Gasteiger charge is -2.05. The molecule has 0 saturated heterocycles. The lowest BCUT2D eigenvalue weighted by Crippen LogP contribution is -2.32. The van der Waals surface area contributed by atoms with Crippen molar-refractivity contribution in [3.63, 3.8) is 0 Å². The highest BCUT2D eigenvalue weighted by atomic mass is 32.3. The van der Waals surface area contributed by atoms with Gasteiger partial charge in [-0.1, -0.05) is 0 Å². The Morgan fingerprint density at radius 3 is 2.27 bits per heavy atom. The molecular weight excluding hydrogens is 246 g/mol. The average Bonchev–Trinajstić information content (AvgIpc) is 1.99. The fraction of sp³-hybridized carbons (Fsp3) is 1.00. The molecule has 0 bridgehead atoms. The summed E-state index contributed by atoms with van der Waals surface area (Å²) in [7, 11) is -7.37. The molecule has 0 heterocycles. The Bertz CT molecular complexity index is 359. The van der Waals surface area contributed by atoms with Gasteiger partial charge < -0.3 is 9.84 Å². The zero-order valence-corrected chi connectivity index (χ0v) is 9.97. The summed E-state index contributed by atoms with van der Waals surface area (Å²) in [5, 5.41) is 7.40. The van der Waals surface area contributed by atoms with Crippen LogP contribution in [-0.2, 0) is 24.6 Å². The summed E-state index contributed by atoms with van der Waals surface area (Å²) in [5.74, 6) is 0. The zero-order valence-electron chi connectivity index (χ0n) is 8.34. The maximum atomic E-state index is 11.1. The van der Waals surface area contributed by atoms with Crippen LogP contribution in [0.25, 0.3) is 0 Å². The molecule has 0 aromatic heterocycles. The zero-order chi connectivity index (χ0) is 11.9. The Balaban J connectivity index is 3.86. The number of nitrogens with one attached hydrogen (secondary N) is 1. The number of ether oxygens (including phenoxy) is 1. The van der Waals surface area contributed by atoms with Crippen LogP contribution in [0.2, 0.25) is 0 Å². The van der Waals surface area contributed by atoms with Gasteiger partial charge in [-0.05, 0) is 0 Å². The highest BCUT2D eigenvalue weighted by molar-refractivity contribution is 8.06. The Morgan fingerprint density at radius 2 is 1.80 bits per heavy atom. The minimum atomic E-state index is -3.81. The van der Waals surface area contributed by atoms with E-state index in [2.05, 4.69) is 4.72 Å². The second-order valence-electron chi connectivity index (χ2n) is 2.89. The number of hydrogen-bond acceptors (Lipinski definition) is 6. The largest absolute Gasteiger partial charge is 0.394 e. The van der Waals surface area contributed by atoms with Crippen molar-refractivity contribution in [1.29, 1.82) is 0 Å². The highest BCUT2D eigenvalue weighted by Gasteiger charge is 2.16. The number of sulfonamides is 1. The molecule has 0 aliphatic heterocycles. The van der Waals surface area contributed by atoms with E-state index in [4.69, 9.17) is 9.84 Å². The fourth-order valence-electron chi connectivity index (χ4n) is 0.759. The minimum absolute atomic E-state index is 0.0160. The molecule has 0 radical (unpaired) electrons. The van der Waals surface area contributed by atoms with Gasteiger partial charge in [-0.15, -0.1) is 0 Å². The molecule has 0 aliphatic rings. The predicted octanol–water partition coefficient (Wildman–Crippen LogP) is -2.08. The minimum Gasteiger partial charge on any atom is -0.394 e. The van der Waals surface area contributed by atoms with Crippen LogP contribution < -0.4 is 4.72 Å². The molecule has 0 aromatic carbocycles. The summed E-state index contributed by atoms with van der Waals surface area (Å²) in [6, 6.07) is 0. The number of aliphatic hydroxyl groups is 1. The lowest BCUT2D eigenvalue weighted by atomic mass is 10.7. The van der Waals surface area contributed by atoms with Crippen LogP contribution in [0.5, 0.6) is 0 Å². The molecule has 0 aliphatic carbocycles. The van der Waals surface area contributed by atoms with Crippen molar-refractivity contribution in [3.8, 4) is 0 Å². The standard InChI is InChI=1S/C6H15NO6S2/c1-14(9,10)6-15(11,12)7-2-4-13-5-3-8/h7-8H,2-6H2,1H3. The van der Waals surface area contributed by atoms with Crippen molar-refractivity contribution >= 4 is 19.9 Å². The molecular formula is C6H15NO6S2. The third-order valence-corrected chi connectivity index (χ3v) is 4.77. The molecule has 9 heteroatoms. The Labute approximate surface area is 89.4 Å². The Kier molecular flexibility index (Phi) is 6.29. The summed E-state index contributed by atoms with van der Waals surface area (Å²) in [6.07, 6.45) is 0.842. The number of rotatable bonds is 8. The van der Waals surface area contributed by atoms with Crippen LogP contribution in [0.3, 0.4) is 0 Å². The first kappa shape index (κ1) is 14.8. The number of aliphatic hydroxyl groups excluding tert-OH is 1. The van der Waals surface area contributed by atoms with Crippen LogP contribution >= 0.6 is 0 Å². The third kappa shape index (κ3) is 10.1. The van der Waals surface area contributed by atoms with Gasteiger partial charge in [-0.25, -0.2) is 21.6 Å². The van der Waals surface area contributed by atoms with Crippen molar-refractivity contribution in [3.05, 3.63) is 0 Å². The normalized spacial score (nSPS) is 12.9. The quantitative estimate of drug-likeness (QED) is 0.485. The van der Waals surface area contributed by atoms with Crippen molar-refractivity contribution in [1.82, 2.24) is 4.72 Å². The highest BCUT2D eigenvalue weighted by Crippen LogP contribution is 1.91. The summed E-state index contributed by atoms with van der Waals surface area (Å²) < 4.78 is 50.4. The van der Waals surface area contributed by atoms with Crippen molar-refractivity contribution in [2.45, 2.75) is 0 Å². The lowest BCUT2D eigenvalue weighted by molar-refractivity contribution is 0.0961.